The number of rotatable bonds is 3. The number of para-hydroxylation sites is 1. The Labute approximate surface area is 175 Å². The zero-order valence-electron chi connectivity index (χ0n) is 17.5. The predicted octanol–water partition coefficient (Wildman–Crippen LogP) is 2.89. The fourth-order valence-electron chi connectivity index (χ4n) is 5.17. The Balaban J connectivity index is 1.60. The van der Waals surface area contributed by atoms with Gasteiger partial charge in [0.25, 0.3) is 0 Å². The monoisotopic (exact) mass is 422 g/mol. The molecule has 7 heteroatoms. The Morgan fingerprint density at radius 3 is 2.62 bits per heavy atom. The predicted molar refractivity (Wildman–Crippen MR) is 114 cm³/mol. The van der Waals surface area contributed by atoms with Gasteiger partial charge in [0, 0.05) is 25.2 Å². The van der Waals surface area contributed by atoms with E-state index in [1.54, 1.807) is 0 Å². The van der Waals surface area contributed by atoms with E-state index in [-0.39, 0.29) is 24.3 Å². The largest absolute Gasteiger partial charge is 0.489 e. The van der Waals surface area contributed by atoms with Crippen molar-refractivity contribution in [2.24, 2.45) is 0 Å². The second-order valence-electron chi connectivity index (χ2n) is 8.84. The lowest BCUT2D eigenvalue weighted by molar-refractivity contribution is -0.00971. The normalized spacial score (nSPS) is 33.7. The molecule has 6 nitrogen and oxygen atoms in total. The molecule has 3 heterocycles. The van der Waals surface area contributed by atoms with Gasteiger partial charge in [-0.15, -0.1) is 0 Å². The zero-order chi connectivity index (χ0) is 20.4. The van der Waals surface area contributed by atoms with E-state index in [1.165, 1.54) is 11.8 Å². The molecular formula is C22H34N2O4S. The maximum absolute atomic E-state index is 11.9. The van der Waals surface area contributed by atoms with Gasteiger partial charge in [0.2, 0.25) is 10.0 Å². The summed E-state index contributed by atoms with van der Waals surface area (Å²) in [5.41, 5.74) is 1.33. The number of benzene rings is 1. The highest BCUT2D eigenvalue weighted by Gasteiger charge is 2.38. The van der Waals surface area contributed by atoms with Crippen molar-refractivity contribution in [2.75, 3.05) is 26.0 Å². The third kappa shape index (κ3) is 5.13. The summed E-state index contributed by atoms with van der Waals surface area (Å²) in [5.74, 6) is 1.55. The summed E-state index contributed by atoms with van der Waals surface area (Å²) in [6.45, 7) is 4.38. The number of hydrogen-bond acceptors (Lipinski definition) is 5. The van der Waals surface area contributed by atoms with Gasteiger partial charge in [-0.2, -0.15) is 0 Å². The van der Waals surface area contributed by atoms with E-state index >= 15 is 0 Å². The van der Waals surface area contributed by atoms with Crippen LogP contribution in [0.3, 0.4) is 0 Å². The molecule has 0 spiro atoms. The molecule has 1 N–H and O–H groups in total. The highest BCUT2D eigenvalue weighted by Crippen LogP contribution is 2.39. The lowest BCUT2D eigenvalue weighted by Gasteiger charge is -2.32. The number of fused-ring (bicyclic) bond motifs is 5. The minimum atomic E-state index is -3.25. The molecule has 2 fully saturated rings. The number of hydrogen-bond donors (Lipinski definition) is 1. The van der Waals surface area contributed by atoms with Gasteiger partial charge in [-0.25, -0.2) is 13.1 Å². The summed E-state index contributed by atoms with van der Waals surface area (Å²) in [7, 11) is -3.25. The molecule has 29 heavy (non-hydrogen) atoms. The van der Waals surface area contributed by atoms with Gasteiger partial charge in [-0.3, -0.25) is 4.90 Å². The molecule has 3 aliphatic heterocycles. The molecule has 2 bridgehead atoms. The van der Waals surface area contributed by atoms with Crippen molar-refractivity contribution in [1.82, 2.24) is 9.62 Å². The maximum atomic E-state index is 11.9. The quantitative estimate of drug-likeness (QED) is 0.811. The molecule has 5 rings (SSSR count). The minimum Gasteiger partial charge on any atom is -0.489 e. The molecule has 1 aliphatic carbocycles. The highest BCUT2D eigenvalue weighted by molar-refractivity contribution is 7.88. The average molecular weight is 423 g/mol. The van der Waals surface area contributed by atoms with Crippen molar-refractivity contribution in [1.29, 1.82) is 0 Å². The Morgan fingerprint density at radius 1 is 1.14 bits per heavy atom. The van der Waals surface area contributed by atoms with Gasteiger partial charge in [-0.05, 0) is 56.1 Å². The molecule has 0 radical (unpaired) electrons. The first-order valence-electron chi connectivity index (χ1n) is 11.0. The molecule has 1 aromatic carbocycles. The summed E-state index contributed by atoms with van der Waals surface area (Å²) in [4.78, 5) is 2.37. The Kier molecular flexibility index (Phi) is 6.49. The van der Waals surface area contributed by atoms with E-state index in [1.807, 2.05) is 0 Å². The number of nitrogens with one attached hydrogen (secondary N) is 1. The van der Waals surface area contributed by atoms with Gasteiger partial charge in [0.15, 0.2) is 0 Å². The summed E-state index contributed by atoms with van der Waals surface area (Å²) in [6.07, 6.45) is 7.63. The van der Waals surface area contributed by atoms with Gasteiger partial charge < -0.3 is 9.47 Å². The third-order valence-electron chi connectivity index (χ3n) is 6.75. The van der Waals surface area contributed by atoms with Gasteiger partial charge >= 0.3 is 0 Å². The summed E-state index contributed by atoms with van der Waals surface area (Å²) in [5, 5.41) is 0. The van der Waals surface area contributed by atoms with Gasteiger partial charge in [0.05, 0.1) is 19.0 Å². The summed E-state index contributed by atoms with van der Waals surface area (Å²) < 4.78 is 39.5. The van der Waals surface area contributed by atoms with Crippen LogP contribution in [0, 0.1) is 0 Å². The molecule has 0 aromatic heterocycles. The van der Waals surface area contributed by atoms with Crippen molar-refractivity contribution in [3.63, 3.8) is 0 Å². The fourth-order valence-corrected chi connectivity index (χ4v) is 5.99. The van der Waals surface area contributed by atoms with Crippen molar-refractivity contribution >= 4 is 10.0 Å². The maximum Gasteiger partial charge on any atom is 0.209 e. The fraction of sp³-hybridized carbons (Fsp3) is 0.727. The van der Waals surface area contributed by atoms with E-state index < -0.39 is 10.0 Å². The van der Waals surface area contributed by atoms with Crippen LogP contribution < -0.4 is 9.46 Å². The topological polar surface area (TPSA) is 67.9 Å². The van der Waals surface area contributed by atoms with Crippen LogP contribution >= 0.6 is 0 Å². The smallest absolute Gasteiger partial charge is 0.209 e. The lowest BCUT2D eigenvalue weighted by atomic mass is 9.82. The number of nitrogens with zero attached hydrogens (tertiary/aromatic N) is 1. The number of ether oxygens (including phenoxy) is 2. The first kappa shape index (κ1) is 21.1. The van der Waals surface area contributed by atoms with Crippen molar-refractivity contribution in [3.05, 3.63) is 29.8 Å². The highest BCUT2D eigenvalue weighted by atomic mass is 32.2. The average Bonchev–Trinajstić information content (AvgIpc) is 3.06. The molecule has 1 aromatic rings. The SMILES string of the molecule is CC[C@H]1CN2CCC(NS(C)(=O)=O)[C@@H]2COC2CCC(CC2)c2ccccc2O1. The van der Waals surface area contributed by atoms with E-state index in [2.05, 4.69) is 40.8 Å². The molecule has 0 amide bonds. The molecule has 1 saturated heterocycles. The Morgan fingerprint density at radius 2 is 1.90 bits per heavy atom. The summed E-state index contributed by atoms with van der Waals surface area (Å²) >= 11 is 0. The van der Waals surface area contributed by atoms with E-state index in [4.69, 9.17) is 9.47 Å². The summed E-state index contributed by atoms with van der Waals surface area (Å²) in [6, 6.07) is 8.45. The van der Waals surface area contributed by atoms with Crippen molar-refractivity contribution in [2.45, 2.75) is 75.7 Å². The van der Waals surface area contributed by atoms with Crippen LogP contribution in [0.4, 0.5) is 0 Å². The van der Waals surface area contributed by atoms with Crippen LogP contribution in [0.15, 0.2) is 24.3 Å². The number of sulfonamides is 1. The molecule has 1 unspecified atom stereocenters. The van der Waals surface area contributed by atoms with Crippen LogP contribution in [0.2, 0.25) is 0 Å². The van der Waals surface area contributed by atoms with E-state index in [0.29, 0.717) is 12.5 Å². The third-order valence-corrected chi connectivity index (χ3v) is 7.48. The van der Waals surface area contributed by atoms with Crippen LogP contribution in [-0.4, -0.2) is 63.6 Å². The van der Waals surface area contributed by atoms with Crippen LogP contribution in [0.25, 0.3) is 0 Å². The van der Waals surface area contributed by atoms with Crippen LogP contribution in [-0.2, 0) is 14.8 Å². The molecule has 1 saturated carbocycles. The standard InChI is InChI=1S/C22H34N2O4S/c1-3-17-14-24-13-12-20(23-29(2,25)26)21(24)15-27-18-10-8-16(9-11-18)19-6-4-5-7-22(19)28-17/h4-7,16-18,20-21,23H,3,8-15H2,1-2H3/t16?,17-,18?,20?,21-/m0/s1. The Bertz CT molecular complexity index is 792. The Hall–Kier alpha value is -1.15. The molecular weight excluding hydrogens is 388 g/mol. The van der Waals surface area contributed by atoms with Crippen LogP contribution in [0.1, 0.15) is 56.9 Å². The molecule has 3 atom stereocenters. The van der Waals surface area contributed by atoms with E-state index in [9.17, 15) is 8.42 Å². The van der Waals surface area contributed by atoms with Gasteiger partial charge in [-0.1, -0.05) is 25.1 Å². The van der Waals surface area contributed by atoms with Crippen molar-refractivity contribution < 1.29 is 17.9 Å². The van der Waals surface area contributed by atoms with Crippen molar-refractivity contribution in [3.8, 4) is 5.75 Å². The minimum absolute atomic E-state index is 0.0519. The second-order valence-corrected chi connectivity index (χ2v) is 10.6. The first-order chi connectivity index (χ1) is 13.9. The zero-order valence-corrected chi connectivity index (χ0v) is 18.4. The first-order valence-corrected chi connectivity index (χ1v) is 12.9. The molecule has 162 valence electrons. The van der Waals surface area contributed by atoms with E-state index in [0.717, 1.165) is 57.4 Å². The molecule has 4 aliphatic rings. The van der Waals surface area contributed by atoms with Gasteiger partial charge in [0.1, 0.15) is 11.9 Å². The van der Waals surface area contributed by atoms with Crippen LogP contribution in [0.5, 0.6) is 5.75 Å². The lowest BCUT2D eigenvalue weighted by Crippen LogP contribution is -2.49. The second kappa shape index (κ2) is 8.92.